The van der Waals surface area contributed by atoms with Crippen molar-refractivity contribution in [2.45, 2.75) is 19.8 Å². The highest BCUT2D eigenvalue weighted by molar-refractivity contribution is 5.93. The lowest BCUT2D eigenvalue weighted by Gasteiger charge is -2.14. The summed E-state index contributed by atoms with van der Waals surface area (Å²) in [6.07, 6.45) is 3.24. The minimum atomic E-state index is -0.482. The fourth-order valence-corrected chi connectivity index (χ4v) is 2.03. The van der Waals surface area contributed by atoms with Gasteiger partial charge in [0.25, 0.3) is 0 Å². The Morgan fingerprint density at radius 2 is 2.05 bits per heavy atom. The van der Waals surface area contributed by atoms with Gasteiger partial charge in [0.1, 0.15) is 5.69 Å². The summed E-state index contributed by atoms with van der Waals surface area (Å²) in [4.78, 5) is 19.6. The Hall–Kier alpha value is -2.57. The van der Waals surface area contributed by atoms with Crippen LogP contribution < -0.4 is 15.2 Å². The van der Waals surface area contributed by atoms with Gasteiger partial charge in [-0.25, -0.2) is 4.98 Å². The second-order valence-corrected chi connectivity index (χ2v) is 4.79. The first kappa shape index (κ1) is 14.8. The highest BCUT2D eigenvalue weighted by Gasteiger charge is 2.18. The van der Waals surface area contributed by atoms with Gasteiger partial charge in [-0.15, -0.1) is 0 Å². The molecule has 2 N–H and O–H groups in total. The van der Waals surface area contributed by atoms with E-state index in [1.54, 1.807) is 18.5 Å². The molecule has 0 unspecified atom stereocenters. The number of nitrogens with zero attached hydrogens (tertiary/aromatic N) is 3. The first-order valence-electron chi connectivity index (χ1n) is 6.45. The zero-order valence-corrected chi connectivity index (χ0v) is 12.5. The van der Waals surface area contributed by atoms with E-state index in [0.717, 1.165) is 5.69 Å². The van der Waals surface area contributed by atoms with Crippen LogP contribution in [0.1, 0.15) is 35.8 Å². The Kier molecular flexibility index (Phi) is 4.11. The van der Waals surface area contributed by atoms with Gasteiger partial charge < -0.3 is 19.8 Å². The average Bonchev–Trinajstić information content (AvgIpc) is 2.91. The molecule has 21 heavy (non-hydrogen) atoms. The van der Waals surface area contributed by atoms with Crippen molar-refractivity contribution in [3.63, 3.8) is 0 Å². The fraction of sp³-hybridized carbons (Fsp3) is 0.357. The van der Waals surface area contributed by atoms with Crippen molar-refractivity contribution in [3.8, 4) is 17.6 Å². The smallest absolute Gasteiger partial charge is 0.319 e. The van der Waals surface area contributed by atoms with Crippen LogP contribution in [0.25, 0.3) is 5.69 Å². The summed E-state index contributed by atoms with van der Waals surface area (Å²) in [6, 6.07) is 1.97. The predicted octanol–water partition coefficient (Wildman–Crippen LogP) is 1.51. The second-order valence-electron chi connectivity index (χ2n) is 4.79. The lowest BCUT2D eigenvalue weighted by atomic mass is 10.1. The number of hydrogen-bond donors (Lipinski definition) is 1. The summed E-state index contributed by atoms with van der Waals surface area (Å²) < 4.78 is 12.1. The van der Waals surface area contributed by atoms with E-state index in [9.17, 15) is 4.79 Å². The Morgan fingerprint density at radius 1 is 1.33 bits per heavy atom. The standard InChI is InChI=1S/C14H18N4O3/c1-8(2)10-5-9(12(15)19)7-18(10)11-6-16-14(21-4)17-13(11)20-3/h5-8H,1-4H3,(H2,15,19). The van der Waals surface area contributed by atoms with E-state index in [0.29, 0.717) is 17.1 Å². The molecule has 7 heteroatoms. The number of amides is 1. The fourth-order valence-electron chi connectivity index (χ4n) is 2.03. The lowest BCUT2D eigenvalue weighted by Crippen LogP contribution is -2.09. The zero-order chi connectivity index (χ0) is 15.6. The molecule has 0 spiro atoms. The van der Waals surface area contributed by atoms with Gasteiger partial charge in [-0.05, 0) is 12.0 Å². The molecule has 0 aliphatic rings. The molecule has 0 saturated carbocycles. The molecule has 0 atom stereocenters. The van der Waals surface area contributed by atoms with E-state index < -0.39 is 5.91 Å². The summed E-state index contributed by atoms with van der Waals surface area (Å²) in [5.74, 6) is 0.0596. The highest BCUT2D eigenvalue weighted by atomic mass is 16.5. The van der Waals surface area contributed by atoms with Crippen molar-refractivity contribution in [2.24, 2.45) is 5.73 Å². The summed E-state index contributed by atoms with van der Waals surface area (Å²) in [7, 11) is 2.99. The third-order valence-electron chi connectivity index (χ3n) is 3.07. The van der Waals surface area contributed by atoms with Crippen LogP contribution >= 0.6 is 0 Å². The summed E-state index contributed by atoms with van der Waals surface area (Å²) in [5, 5.41) is 0. The molecule has 2 aromatic rings. The van der Waals surface area contributed by atoms with Crippen molar-refractivity contribution in [1.82, 2.24) is 14.5 Å². The molecule has 2 rings (SSSR count). The van der Waals surface area contributed by atoms with Gasteiger partial charge in [0.2, 0.25) is 11.8 Å². The maximum Gasteiger partial charge on any atom is 0.319 e. The predicted molar refractivity (Wildman–Crippen MR) is 77.1 cm³/mol. The second kappa shape index (κ2) is 5.82. The van der Waals surface area contributed by atoms with Crippen molar-refractivity contribution in [2.75, 3.05) is 14.2 Å². The van der Waals surface area contributed by atoms with Gasteiger partial charge >= 0.3 is 6.01 Å². The van der Waals surface area contributed by atoms with Crippen LogP contribution in [0.2, 0.25) is 0 Å². The number of methoxy groups -OCH3 is 2. The maximum absolute atomic E-state index is 11.4. The molecule has 1 amide bonds. The quantitative estimate of drug-likeness (QED) is 0.901. The molecule has 0 saturated heterocycles. The van der Waals surface area contributed by atoms with Crippen LogP contribution in [-0.4, -0.2) is 34.7 Å². The summed E-state index contributed by atoms with van der Waals surface area (Å²) >= 11 is 0. The molecule has 0 aliphatic carbocycles. The Morgan fingerprint density at radius 3 is 2.57 bits per heavy atom. The SMILES string of the molecule is COc1ncc(-n2cc(C(N)=O)cc2C(C)C)c(OC)n1. The van der Waals surface area contributed by atoms with Gasteiger partial charge in [0.15, 0.2) is 0 Å². The van der Waals surface area contributed by atoms with Crippen LogP contribution in [0.15, 0.2) is 18.5 Å². The minimum Gasteiger partial charge on any atom is -0.479 e. The number of ether oxygens (including phenoxy) is 2. The first-order chi connectivity index (χ1) is 9.97. The molecule has 2 aromatic heterocycles. The number of hydrogen-bond acceptors (Lipinski definition) is 5. The molecular weight excluding hydrogens is 272 g/mol. The summed E-state index contributed by atoms with van der Waals surface area (Å²) in [6.45, 7) is 4.04. The number of primary amides is 1. The molecule has 2 heterocycles. The zero-order valence-electron chi connectivity index (χ0n) is 12.5. The van der Waals surface area contributed by atoms with Crippen LogP contribution in [0.3, 0.4) is 0 Å². The van der Waals surface area contributed by atoms with E-state index in [-0.39, 0.29) is 11.9 Å². The molecule has 0 bridgehead atoms. The van der Waals surface area contributed by atoms with Crippen LogP contribution in [-0.2, 0) is 0 Å². The van der Waals surface area contributed by atoms with Gasteiger partial charge in [0.05, 0.1) is 26.0 Å². The van der Waals surface area contributed by atoms with Gasteiger partial charge in [-0.3, -0.25) is 4.79 Å². The van der Waals surface area contributed by atoms with Crippen LogP contribution in [0, 0.1) is 0 Å². The van der Waals surface area contributed by atoms with Crippen molar-refractivity contribution < 1.29 is 14.3 Å². The molecule has 0 aromatic carbocycles. The lowest BCUT2D eigenvalue weighted by molar-refractivity contribution is 0.100. The number of carbonyl (C=O) groups is 1. The van der Waals surface area contributed by atoms with E-state index in [4.69, 9.17) is 15.2 Å². The molecule has 0 radical (unpaired) electrons. The largest absolute Gasteiger partial charge is 0.479 e. The Balaban J connectivity index is 2.62. The van der Waals surface area contributed by atoms with Crippen LogP contribution in [0.5, 0.6) is 11.9 Å². The number of nitrogens with two attached hydrogens (primary N) is 1. The van der Waals surface area contributed by atoms with Crippen molar-refractivity contribution in [1.29, 1.82) is 0 Å². The summed E-state index contributed by atoms with van der Waals surface area (Å²) in [5.41, 5.74) is 7.32. The Bertz CT molecular complexity index is 664. The number of rotatable bonds is 5. The minimum absolute atomic E-state index is 0.185. The third-order valence-corrected chi connectivity index (χ3v) is 3.07. The number of carbonyl (C=O) groups excluding carboxylic acids is 1. The van der Waals surface area contributed by atoms with E-state index in [1.807, 2.05) is 18.4 Å². The molecule has 0 aliphatic heterocycles. The van der Waals surface area contributed by atoms with Crippen molar-refractivity contribution >= 4 is 5.91 Å². The normalized spacial score (nSPS) is 10.7. The molecule has 0 fully saturated rings. The van der Waals surface area contributed by atoms with Gasteiger partial charge in [0, 0.05) is 11.9 Å². The Labute approximate surface area is 122 Å². The van der Waals surface area contributed by atoms with Gasteiger partial charge in [-0.2, -0.15) is 4.98 Å². The van der Waals surface area contributed by atoms with Crippen molar-refractivity contribution in [3.05, 3.63) is 29.7 Å². The van der Waals surface area contributed by atoms with Gasteiger partial charge in [-0.1, -0.05) is 13.8 Å². The third kappa shape index (κ3) is 2.81. The number of aromatic nitrogens is 3. The van der Waals surface area contributed by atoms with Crippen LogP contribution in [0.4, 0.5) is 0 Å². The molecular formula is C14H18N4O3. The molecule has 112 valence electrons. The van der Waals surface area contributed by atoms with E-state index in [2.05, 4.69) is 9.97 Å². The van der Waals surface area contributed by atoms with E-state index in [1.165, 1.54) is 14.2 Å². The first-order valence-corrected chi connectivity index (χ1v) is 6.45. The topological polar surface area (TPSA) is 92.3 Å². The highest BCUT2D eigenvalue weighted by Crippen LogP contribution is 2.28. The molecule has 7 nitrogen and oxygen atoms in total. The maximum atomic E-state index is 11.4. The van der Waals surface area contributed by atoms with E-state index >= 15 is 0 Å². The average molecular weight is 290 g/mol. The monoisotopic (exact) mass is 290 g/mol.